The lowest BCUT2D eigenvalue weighted by Crippen LogP contribution is -2.49. The highest BCUT2D eigenvalue weighted by Crippen LogP contribution is 2.38. The molecule has 3 N–H and O–H groups in total. The lowest BCUT2D eigenvalue weighted by molar-refractivity contribution is -0.136. The summed E-state index contributed by atoms with van der Waals surface area (Å²) in [5.41, 5.74) is 7.05. The first-order chi connectivity index (χ1) is 12.8. The number of fused-ring (bicyclic) bond motifs is 1. The molecule has 3 rings (SSSR count). The largest absolute Gasteiger partial charge is 0.350 e. The molecule has 0 bridgehead atoms. The van der Waals surface area contributed by atoms with E-state index in [1.54, 1.807) is 4.90 Å². The van der Waals surface area contributed by atoms with E-state index >= 15 is 0 Å². The van der Waals surface area contributed by atoms with Gasteiger partial charge in [-0.25, -0.2) is 8.78 Å². The molecule has 2 aliphatic rings. The second-order valence-corrected chi connectivity index (χ2v) is 7.67. The van der Waals surface area contributed by atoms with Crippen LogP contribution in [0.25, 0.3) is 0 Å². The molecule has 0 aromatic heterocycles. The standard InChI is InChI=1S/C20H27F2N3O2.ClH/c1-13-10-14-6-2-5-9-17(14)25(13)19(27)16-8-4-3-7-15(16)18(26)24-12-20(21,22)11-23;/h2,5-6,9,13,15-16H,3-4,7-8,10-12,23H2,1H3,(H,24,26);1H. The van der Waals surface area contributed by atoms with E-state index in [4.69, 9.17) is 5.73 Å². The molecule has 5 nitrogen and oxygen atoms in total. The highest BCUT2D eigenvalue weighted by atomic mass is 35.5. The Hall–Kier alpha value is -1.73. The third kappa shape index (κ3) is 4.63. The topological polar surface area (TPSA) is 75.4 Å². The van der Waals surface area contributed by atoms with Crippen LogP contribution in [-0.2, 0) is 16.0 Å². The molecule has 1 aliphatic heterocycles. The van der Waals surface area contributed by atoms with Crippen LogP contribution >= 0.6 is 12.4 Å². The van der Waals surface area contributed by atoms with Crippen LogP contribution in [0.3, 0.4) is 0 Å². The number of hydrogen-bond donors (Lipinski definition) is 2. The second kappa shape index (κ2) is 9.18. The van der Waals surface area contributed by atoms with Gasteiger partial charge in [-0.3, -0.25) is 9.59 Å². The van der Waals surface area contributed by atoms with Gasteiger partial charge in [0.05, 0.1) is 19.0 Å². The van der Waals surface area contributed by atoms with E-state index < -0.39 is 36.8 Å². The highest BCUT2D eigenvalue weighted by molar-refractivity contribution is 6.00. The predicted molar refractivity (Wildman–Crippen MR) is 107 cm³/mol. The number of para-hydroxylation sites is 1. The Morgan fingerprint density at radius 1 is 1.21 bits per heavy atom. The van der Waals surface area contributed by atoms with Crippen LogP contribution in [0, 0.1) is 11.8 Å². The second-order valence-electron chi connectivity index (χ2n) is 7.67. The molecule has 28 heavy (non-hydrogen) atoms. The number of alkyl halides is 2. The first kappa shape index (κ1) is 22.6. The number of nitrogens with one attached hydrogen (secondary N) is 1. The fourth-order valence-corrected chi connectivity index (χ4v) is 4.24. The Labute approximate surface area is 170 Å². The summed E-state index contributed by atoms with van der Waals surface area (Å²) in [6, 6.07) is 7.82. The van der Waals surface area contributed by atoms with Crippen molar-refractivity contribution in [2.45, 2.75) is 51.0 Å². The molecule has 0 spiro atoms. The molecule has 0 saturated heterocycles. The fraction of sp³-hybridized carbons (Fsp3) is 0.600. The smallest absolute Gasteiger partial charge is 0.277 e. The van der Waals surface area contributed by atoms with Crippen molar-refractivity contribution >= 4 is 29.9 Å². The van der Waals surface area contributed by atoms with Crippen molar-refractivity contribution in [3.8, 4) is 0 Å². The Balaban J connectivity index is 0.00000280. The quantitative estimate of drug-likeness (QED) is 0.776. The van der Waals surface area contributed by atoms with Crippen molar-refractivity contribution < 1.29 is 18.4 Å². The van der Waals surface area contributed by atoms with Gasteiger partial charge >= 0.3 is 0 Å². The van der Waals surface area contributed by atoms with Crippen molar-refractivity contribution in [3.05, 3.63) is 29.8 Å². The van der Waals surface area contributed by atoms with Crippen LogP contribution in [0.15, 0.2) is 24.3 Å². The molecule has 1 saturated carbocycles. The predicted octanol–water partition coefficient (Wildman–Crippen LogP) is 2.90. The molecule has 156 valence electrons. The number of nitrogens with two attached hydrogens (primary N) is 1. The van der Waals surface area contributed by atoms with Gasteiger partial charge in [0.2, 0.25) is 11.8 Å². The summed E-state index contributed by atoms with van der Waals surface area (Å²) >= 11 is 0. The molecule has 8 heteroatoms. The van der Waals surface area contributed by atoms with Crippen LogP contribution in [-0.4, -0.2) is 36.9 Å². The molecule has 3 atom stereocenters. The van der Waals surface area contributed by atoms with Crippen molar-refractivity contribution in [1.29, 1.82) is 0 Å². The summed E-state index contributed by atoms with van der Waals surface area (Å²) in [6.45, 7) is 0.392. The first-order valence-electron chi connectivity index (χ1n) is 9.60. The van der Waals surface area contributed by atoms with E-state index in [0.717, 1.165) is 30.5 Å². The number of amides is 2. The maximum atomic E-state index is 13.4. The van der Waals surface area contributed by atoms with Gasteiger partial charge in [0.25, 0.3) is 5.92 Å². The molecule has 1 heterocycles. The molecule has 0 radical (unpaired) electrons. The van der Waals surface area contributed by atoms with Gasteiger partial charge in [-0.2, -0.15) is 0 Å². The average Bonchev–Trinajstić information content (AvgIpc) is 3.01. The van der Waals surface area contributed by atoms with Crippen LogP contribution in [0.4, 0.5) is 14.5 Å². The number of nitrogens with zero attached hydrogens (tertiary/aromatic N) is 1. The Kier molecular flexibility index (Phi) is 7.39. The van der Waals surface area contributed by atoms with Crippen molar-refractivity contribution in [1.82, 2.24) is 5.32 Å². The SMILES string of the molecule is CC1Cc2ccccc2N1C(=O)C1CCCCC1C(=O)NCC(F)(F)CN.Cl. The first-order valence-corrected chi connectivity index (χ1v) is 9.60. The summed E-state index contributed by atoms with van der Waals surface area (Å²) in [5.74, 6) is -4.72. The zero-order chi connectivity index (χ0) is 19.6. The van der Waals surface area contributed by atoms with Gasteiger partial charge in [0.15, 0.2) is 0 Å². The molecule has 1 aliphatic carbocycles. The minimum absolute atomic E-state index is 0. The van der Waals surface area contributed by atoms with E-state index in [1.165, 1.54) is 0 Å². The van der Waals surface area contributed by atoms with Crippen molar-refractivity contribution in [2.75, 3.05) is 18.0 Å². The van der Waals surface area contributed by atoms with Crippen LogP contribution in [0.5, 0.6) is 0 Å². The summed E-state index contributed by atoms with van der Waals surface area (Å²) in [7, 11) is 0. The number of hydrogen-bond acceptors (Lipinski definition) is 3. The molecular formula is C20H28ClF2N3O2. The number of anilines is 1. The Bertz CT molecular complexity index is 716. The van der Waals surface area contributed by atoms with Crippen LogP contribution in [0.1, 0.15) is 38.2 Å². The summed E-state index contributed by atoms with van der Waals surface area (Å²) in [6.07, 6.45) is 3.62. The monoisotopic (exact) mass is 415 g/mol. The number of rotatable bonds is 5. The molecule has 1 aromatic carbocycles. The van der Waals surface area contributed by atoms with Crippen molar-refractivity contribution in [2.24, 2.45) is 17.6 Å². The minimum atomic E-state index is -3.13. The molecule has 3 unspecified atom stereocenters. The van der Waals surface area contributed by atoms with E-state index in [9.17, 15) is 18.4 Å². The van der Waals surface area contributed by atoms with Crippen LogP contribution in [0.2, 0.25) is 0 Å². The normalized spacial score (nSPS) is 24.3. The van der Waals surface area contributed by atoms with Gasteiger partial charge in [-0.1, -0.05) is 31.0 Å². The Morgan fingerprint density at radius 3 is 2.54 bits per heavy atom. The Morgan fingerprint density at radius 2 is 1.86 bits per heavy atom. The van der Waals surface area contributed by atoms with Gasteiger partial charge in [-0.15, -0.1) is 12.4 Å². The highest BCUT2D eigenvalue weighted by Gasteiger charge is 2.42. The lowest BCUT2D eigenvalue weighted by Gasteiger charge is -2.34. The summed E-state index contributed by atoms with van der Waals surface area (Å²) in [5, 5.41) is 2.31. The minimum Gasteiger partial charge on any atom is -0.350 e. The van der Waals surface area contributed by atoms with Gasteiger partial charge in [0, 0.05) is 17.6 Å². The number of halogens is 3. The van der Waals surface area contributed by atoms with Gasteiger partial charge in [-0.05, 0) is 37.8 Å². The fourth-order valence-electron chi connectivity index (χ4n) is 4.24. The number of carbonyl (C=O) groups is 2. The molecule has 2 amide bonds. The van der Waals surface area contributed by atoms with E-state index in [-0.39, 0.29) is 24.4 Å². The molecule has 1 aromatic rings. The maximum absolute atomic E-state index is 13.4. The molecular weight excluding hydrogens is 388 g/mol. The zero-order valence-corrected chi connectivity index (χ0v) is 16.8. The zero-order valence-electron chi connectivity index (χ0n) is 16.0. The third-order valence-corrected chi connectivity index (χ3v) is 5.68. The maximum Gasteiger partial charge on any atom is 0.277 e. The molecule has 1 fully saturated rings. The van der Waals surface area contributed by atoms with E-state index in [1.807, 2.05) is 31.2 Å². The van der Waals surface area contributed by atoms with E-state index in [0.29, 0.717) is 12.8 Å². The number of benzene rings is 1. The van der Waals surface area contributed by atoms with Gasteiger partial charge < -0.3 is 16.0 Å². The average molecular weight is 416 g/mol. The van der Waals surface area contributed by atoms with Crippen LogP contribution < -0.4 is 16.0 Å². The summed E-state index contributed by atoms with van der Waals surface area (Å²) < 4.78 is 26.8. The summed E-state index contributed by atoms with van der Waals surface area (Å²) in [4.78, 5) is 27.7. The van der Waals surface area contributed by atoms with Gasteiger partial charge in [0.1, 0.15) is 0 Å². The lowest BCUT2D eigenvalue weighted by atomic mass is 9.77. The third-order valence-electron chi connectivity index (χ3n) is 5.68. The number of carbonyl (C=O) groups excluding carboxylic acids is 2. The van der Waals surface area contributed by atoms with Crippen molar-refractivity contribution in [3.63, 3.8) is 0 Å². The van der Waals surface area contributed by atoms with E-state index in [2.05, 4.69) is 5.32 Å².